The van der Waals surface area contributed by atoms with Crippen molar-refractivity contribution in [1.29, 1.82) is 0 Å². The zero-order valence-electron chi connectivity index (χ0n) is 22.1. The summed E-state index contributed by atoms with van der Waals surface area (Å²) in [5, 5.41) is 1.98. The summed E-state index contributed by atoms with van der Waals surface area (Å²) in [7, 11) is 0. The van der Waals surface area contributed by atoms with Gasteiger partial charge < -0.3 is 13.7 Å². The molecule has 0 aliphatic heterocycles. The van der Waals surface area contributed by atoms with E-state index in [2.05, 4.69) is 95.9 Å². The summed E-state index contributed by atoms with van der Waals surface area (Å²) in [5.41, 5.74) is 9.62. The van der Waals surface area contributed by atoms with E-state index in [0.717, 1.165) is 55.7 Å². The summed E-state index contributed by atoms with van der Waals surface area (Å²) >= 11 is 0. The van der Waals surface area contributed by atoms with Gasteiger partial charge in [-0.1, -0.05) is 78.9 Å². The van der Waals surface area contributed by atoms with Gasteiger partial charge >= 0.3 is 0 Å². The lowest BCUT2D eigenvalue weighted by Gasteiger charge is -2.25. The summed E-state index contributed by atoms with van der Waals surface area (Å²) in [4.78, 5) is 7.13. The van der Waals surface area contributed by atoms with Gasteiger partial charge in [0.05, 0.1) is 5.39 Å². The van der Waals surface area contributed by atoms with Crippen molar-refractivity contribution in [1.82, 2.24) is 4.98 Å². The quantitative estimate of drug-likeness (QED) is 0.223. The third kappa shape index (κ3) is 4.05. The number of fused-ring (bicyclic) bond motifs is 5. The van der Waals surface area contributed by atoms with E-state index < -0.39 is 0 Å². The molecule has 6 aromatic carbocycles. The topological polar surface area (TPSA) is 42.4 Å². The first-order valence-corrected chi connectivity index (χ1v) is 13.6. The Bertz CT molecular complexity index is 2130. The number of para-hydroxylation sites is 1. The predicted molar refractivity (Wildman–Crippen MR) is 167 cm³/mol. The number of hydrogen-bond donors (Lipinski definition) is 0. The zero-order chi connectivity index (χ0) is 27.2. The monoisotopic (exact) mass is 528 g/mol. The fourth-order valence-electron chi connectivity index (χ4n) is 5.54. The maximum Gasteiger partial charge on any atom is 0.227 e. The van der Waals surface area contributed by atoms with E-state index in [1.54, 1.807) is 0 Å². The van der Waals surface area contributed by atoms with Crippen molar-refractivity contribution in [3.8, 4) is 22.6 Å². The molecule has 2 heterocycles. The molecule has 0 aliphatic carbocycles. The van der Waals surface area contributed by atoms with Gasteiger partial charge in [0.2, 0.25) is 5.89 Å². The molecule has 4 nitrogen and oxygen atoms in total. The Morgan fingerprint density at radius 1 is 0.439 bits per heavy atom. The first-order valence-electron chi connectivity index (χ1n) is 13.6. The summed E-state index contributed by atoms with van der Waals surface area (Å²) in [6.45, 7) is 0. The van der Waals surface area contributed by atoms with Crippen molar-refractivity contribution in [3.05, 3.63) is 146 Å². The molecule has 0 bridgehead atoms. The summed E-state index contributed by atoms with van der Waals surface area (Å²) in [6.07, 6.45) is 0. The molecule has 194 valence electrons. The van der Waals surface area contributed by atoms with Crippen molar-refractivity contribution in [2.24, 2.45) is 0 Å². The number of rotatable bonds is 5. The van der Waals surface area contributed by atoms with Gasteiger partial charge in [-0.2, -0.15) is 0 Å². The molecule has 41 heavy (non-hydrogen) atoms. The molecule has 8 aromatic rings. The van der Waals surface area contributed by atoms with E-state index in [1.807, 2.05) is 54.6 Å². The highest BCUT2D eigenvalue weighted by Crippen LogP contribution is 2.41. The van der Waals surface area contributed by atoms with Crippen LogP contribution in [0.1, 0.15) is 0 Å². The minimum atomic E-state index is 0.605. The van der Waals surface area contributed by atoms with E-state index in [-0.39, 0.29) is 0 Å². The van der Waals surface area contributed by atoms with E-state index in [0.29, 0.717) is 5.89 Å². The zero-order valence-corrected chi connectivity index (χ0v) is 22.1. The van der Waals surface area contributed by atoms with Gasteiger partial charge in [-0.3, -0.25) is 0 Å². The Labute approximate surface area is 236 Å². The van der Waals surface area contributed by atoms with Gasteiger partial charge in [0.25, 0.3) is 0 Å². The highest BCUT2D eigenvalue weighted by Gasteiger charge is 2.19. The Balaban J connectivity index is 1.25. The number of furan rings is 1. The van der Waals surface area contributed by atoms with Crippen LogP contribution in [0.3, 0.4) is 0 Å². The number of hydrogen-bond acceptors (Lipinski definition) is 4. The minimum Gasteiger partial charge on any atom is -0.456 e. The van der Waals surface area contributed by atoms with Crippen LogP contribution in [-0.4, -0.2) is 4.98 Å². The lowest BCUT2D eigenvalue weighted by molar-refractivity contribution is 0.619. The number of aromatic nitrogens is 1. The molecule has 0 amide bonds. The van der Waals surface area contributed by atoms with E-state index in [4.69, 9.17) is 13.8 Å². The first kappa shape index (κ1) is 23.3. The van der Waals surface area contributed by atoms with Crippen LogP contribution in [0.2, 0.25) is 0 Å². The smallest absolute Gasteiger partial charge is 0.227 e. The van der Waals surface area contributed by atoms with Crippen LogP contribution in [0.25, 0.3) is 55.6 Å². The average molecular weight is 529 g/mol. The molecule has 0 atom stereocenters. The molecule has 0 fully saturated rings. The largest absolute Gasteiger partial charge is 0.456 e. The Morgan fingerprint density at radius 2 is 1.02 bits per heavy atom. The van der Waals surface area contributed by atoms with Gasteiger partial charge in [0.15, 0.2) is 5.58 Å². The van der Waals surface area contributed by atoms with Crippen LogP contribution < -0.4 is 4.90 Å². The number of oxazole rings is 1. The summed E-state index contributed by atoms with van der Waals surface area (Å²) in [6, 6.07) is 49.8. The normalized spacial score (nSPS) is 11.4. The molecule has 0 aliphatic rings. The Hall–Kier alpha value is -5.61. The molecule has 4 heteroatoms. The SMILES string of the molecule is c1ccc(-c2ccc(N(c3ccccc3)c3ccc4c(c3)oc3ccc5oc(-c6ccccc6)nc5c34)cc2)cc1. The van der Waals surface area contributed by atoms with Crippen LogP contribution in [-0.2, 0) is 0 Å². The second-order valence-corrected chi connectivity index (χ2v) is 10.0. The molecule has 0 N–H and O–H groups in total. The van der Waals surface area contributed by atoms with Crippen LogP contribution in [0.5, 0.6) is 0 Å². The van der Waals surface area contributed by atoms with Crippen molar-refractivity contribution >= 4 is 50.1 Å². The summed E-state index contributed by atoms with van der Waals surface area (Å²) in [5.74, 6) is 0.605. The third-order valence-electron chi connectivity index (χ3n) is 7.50. The van der Waals surface area contributed by atoms with Crippen LogP contribution in [0.4, 0.5) is 17.1 Å². The second-order valence-electron chi connectivity index (χ2n) is 10.0. The standard InChI is InChI=1S/C37H24N2O2/c1-4-10-25(11-5-1)26-16-18-29(19-17-26)39(28-14-8-3-9-15-28)30-20-21-31-34(24-30)40-32-22-23-33-36(35(31)32)38-37(41-33)27-12-6-2-7-13-27/h1-24H. The molecule has 0 saturated heterocycles. The van der Waals surface area contributed by atoms with Crippen molar-refractivity contribution in [2.75, 3.05) is 4.90 Å². The molecular formula is C37H24N2O2. The highest BCUT2D eigenvalue weighted by molar-refractivity contribution is 6.17. The van der Waals surface area contributed by atoms with Gasteiger partial charge in [0, 0.05) is 34.1 Å². The van der Waals surface area contributed by atoms with Gasteiger partial charge in [-0.05, 0) is 71.8 Å². The van der Waals surface area contributed by atoms with Crippen LogP contribution in [0.15, 0.2) is 154 Å². The highest BCUT2D eigenvalue weighted by atomic mass is 16.4. The van der Waals surface area contributed by atoms with Gasteiger partial charge in [0.1, 0.15) is 16.7 Å². The molecular weight excluding hydrogens is 504 g/mol. The fraction of sp³-hybridized carbons (Fsp3) is 0. The molecule has 0 radical (unpaired) electrons. The lowest BCUT2D eigenvalue weighted by atomic mass is 10.0. The molecule has 2 aromatic heterocycles. The van der Waals surface area contributed by atoms with Crippen LogP contribution in [0, 0.1) is 0 Å². The van der Waals surface area contributed by atoms with Crippen molar-refractivity contribution in [3.63, 3.8) is 0 Å². The lowest BCUT2D eigenvalue weighted by Crippen LogP contribution is -2.09. The van der Waals surface area contributed by atoms with Gasteiger partial charge in [-0.15, -0.1) is 0 Å². The molecule has 0 spiro atoms. The molecule has 8 rings (SSSR count). The summed E-state index contributed by atoms with van der Waals surface area (Å²) < 4.78 is 12.5. The second kappa shape index (κ2) is 9.54. The Morgan fingerprint density at radius 3 is 1.76 bits per heavy atom. The van der Waals surface area contributed by atoms with Gasteiger partial charge in [-0.25, -0.2) is 4.98 Å². The maximum absolute atomic E-state index is 6.41. The van der Waals surface area contributed by atoms with Crippen molar-refractivity contribution < 1.29 is 8.83 Å². The molecule has 0 unspecified atom stereocenters. The third-order valence-corrected chi connectivity index (χ3v) is 7.50. The van der Waals surface area contributed by atoms with E-state index in [9.17, 15) is 0 Å². The maximum atomic E-state index is 6.41. The minimum absolute atomic E-state index is 0.605. The fourth-order valence-corrected chi connectivity index (χ4v) is 5.54. The first-order chi connectivity index (χ1) is 20.3. The van der Waals surface area contributed by atoms with E-state index >= 15 is 0 Å². The average Bonchev–Trinajstić information content (AvgIpc) is 3.64. The Kier molecular flexibility index (Phi) is 5.42. The number of benzene rings is 6. The number of anilines is 3. The van der Waals surface area contributed by atoms with Crippen LogP contribution >= 0.6 is 0 Å². The number of nitrogens with zero attached hydrogens (tertiary/aromatic N) is 2. The molecule has 0 saturated carbocycles. The van der Waals surface area contributed by atoms with E-state index in [1.165, 1.54) is 11.1 Å². The van der Waals surface area contributed by atoms with Crippen molar-refractivity contribution in [2.45, 2.75) is 0 Å². The predicted octanol–water partition coefficient (Wildman–Crippen LogP) is 10.5.